The van der Waals surface area contributed by atoms with Crippen molar-refractivity contribution in [3.63, 3.8) is 0 Å². The van der Waals surface area contributed by atoms with E-state index in [1.54, 1.807) is 11.3 Å². The highest BCUT2D eigenvalue weighted by atomic mass is 35.5. The Hall–Kier alpha value is -1.52. The van der Waals surface area contributed by atoms with Crippen LogP contribution < -0.4 is 4.74 Å². The zero-order valence-corrected chi connectivity index (χ0v) is 13.6. The Bertz CT molecular complexity index is 734. The van der Waals surface area contributed by atoms with E-state index < -0.39 is 0 Å². The molecular weight excluding hydrogens is 304 g/mol. The molecule has 1 atom stereocenters. The van der Waals surface area contributed by atoms with Gasteiger partial charge in [0.05, 0.1) is 24.0 Å². The molecule has 0 radical (unpaired) electrons. The van der Waals surface area contributed by atoms with Crippen LogP contribution in [0.2, 0.25) is 0 Å². The summed E-state index contributed by atoms with van der Waals surface area (Å²) in [6, 6.07) is 8.16. The van der Waals surface area contributed by atoms with E-state index in [0.717, 1.165) is 29.2 Å². The number of hydrogen-bond acceptors (Lipinski definition) is 3. The number of aromatic nitrogens is 2. The standard InChI is InChI=1S/C16H17ClN2OS/c1-3-20-14-6-4-5-13-15(14)18-16(11(2)17)19(13)9-12-7-8-21-10-12/h4-8,10-11H,3,9H2,1-2H3. The first-order valence-electron chi connectivity index (χ1n) is 6.97. The van der Waals surface area contributed by atoms with Crippen molar-refractivity contribution in [1.29, 1.82) is 0 Å². The van der Waals surface area contributed by atoms with Gasteiger partial charge in [-0.3, -0.25) is 0 Å². The average Bonchev–Trinajstić information content (AvgIpc) is 3.09. The second-order valence-corrected chi connectivity index (χ2v) is 6.30. The van der Waals surface area contributed by atoms with Crippen molar-refractivity contribution in [1.82, 2.24) is 9.55 Å². The lowest BCUT2D eigenvalue weighted by molar-refractivity contribution is 0.343. The monoisotopic (exact) mass is 320 g/mol. The average molecular weight is 321 g/mol. The molecule has 0 aliphatic heterocycles. The lowest BCUT2D eigenvalue weighted by Crippen LogP contribution is -2.05. The van der Waals surface area contributed by atoms with Crippen LogP contribution in [0.5, 0.6) is 5.75 Å². The molecule has 1 aromatic carbocycles. The van der Waals surface area contributed by atoms with Gasteiger partial charge in [0, 0.05) is 0 Å². The Morgan fingerprint density at radius 3 is 2.90 bits per heavy atom. The summed E-state index contributed by atoms with van der Waals surface area (Å²) in [4.78, 5) is 4.72. The largest absolute Gasteiger partial charge is 0.492 e. The number of thiophene rings is 1. The molecule has 2 heterocycles. The van der Waals surface area contributed by atoms with Crippen molar-refractivity contribution >= 4 is 34.0 Å². The van der Waals surface area contributed by atoms with Crippen molar-refractivity contribution < 1.29 is 4.74 Å². The van der Waals surface area contributed by atoms with Gasteiger partial charge in [0.25, 0.3) is 0 Å². The fourth-order valence-electron chi connectivity index (χ4n) is 2.45. The van der Waals surface area contributed by atoms with Crippen molar-refractivity contribution in [2.45, 2.75) is 25.8 Å². The number of halogens is 1. The summed E-state index contributed by atoms with van der Waals surface area (Å²) >= 11 is 8.03. The quantitative estimate of drug-likeness (QED) is 0.629. The first-order valence-corrected chi connectivity index (χ1v) is 8.35. The number of imidazole rings is 1. The molecule has 0 saturated heterocycles. The lowest BCUT2D eigenvalue weighted by Gasteiger charge is -2.09. The van der Waals surface area contributed by atoms with E-state index in [2.05, 4.69) is 27.5 Å². The molecule has 0 spiro atoms. The van der Waals surface area contributed by atoms with Crippen LogP contribution in [0.4, 0.5) is 0 Å². The number of alkyl halides is 1. The molecule has 3 rings (SSSR count). The fraction of sp³-hybridized carbons (Fsp3) is 0.312. The van der Waals surface area contributed by atoms with E-state index in [9.17, 15) is 0 Å². The zero-order valence-electron chi connectivity index (χ0n) is 12.0. The molecule has 0 N–H and O–H groups in total. The Balaban J connectivity index is 2.15. The molecule has 110 valence electrons. The third-order valence-corrected chi connectivity index (χ3v) is 4.28. The van der Waals surface area contributed by atoms with Crippen LogP contribution >= 0.6 is 22.9 Å². The number of hydrogen-bond donors (Lipinski definition) is 0. The molecule has 21 heavy (non-hydrogen) atoms. The van der Waals surface area contributed by atoms with Gasteiger partial charge in [0.2, 0.25) is 0 Å². The first-order chi connectivity index (χ1) is 10.2. The molecule has 2 aromatic heterocycles. The second-order valence-electron chi connectivity index (χ2n) is 4.86. The van der Waals surface area contributed by atoms with Gasteiger partial charge in [-0.1, -0.05) is 6.07 Å². The summed E-state index contributed by atoms with van der Waals surface area (Å²) in [5.41, 5.74) is 3.21. The van der Waals surface area contributed by atoms with Gasteiger partial charge in [-0.2, -0.15) is 11.3 Å². The normalized spacial score (nSPS) is 12.7. The first kappa shape index (κ1) is 14.4. The fourth-order valence-corrected chi connectivity index (χ4v) is 3.27. The molecule has 3 nitrogen and oxygen atoms in total. The maximum Gasteiger partial charge on any atom is 0.147 e. The van der Waals surface area contributed by atoms with E-state index in [1.165, 1.54) is 5.56 Å². The molecule has 0 bridgehead atoms. The van der Waals surface area contributed by atoms with Crippen molar-refractivity contribution in [2.75, 3.05) is 6.61 Å². The van der Waals surface area contributed by atoms with Crippen molar-refractivity contribution in [3.8, 4) is 5.75 Å². The van der Waals surface area contributed by atoms with Gasteiger partial charge in [-0.05, 0) is 48.4 Å². The van der Waals surface area contributed by atoms with Gasteiger partial charge in [0.15, 0.2) is 0 Å². The summed E-state index contributed by atoms with van der Waals surface area (Å²) in [5, 5.41) is 4.09. The summed E-state index contributed by atoms with van der Waals surface area (Å²) < 4.78 is 7.86. The molecule has 0 aliphatic carbocycles. The van der Waals surface area contributed by atoms with Crippen molar-refractivity contribution in [3.05, 3.63) is 46.4 Å². The minimum absolute atomic E-state index is 0.148. The Morgan fingerprint density at radius 2 is 2.24 bits per heavy atom. The maximum absolute atomic E-state index is 6.33. The summed E-state index contributed by atoms with van der Waals surface area (Å²) in [7, 11) is 0. The highest BCUT2D eigenvalue weighted by molar-refractivity contribution is 7.07. The van der Waals surface area contributed by atoms with E-state index in [-0.39, 0.29) is 5.38 Å². The van der Waals surface area contributed by atoms with E-state index in [4.69, 9.17) is 21.3 Å². The Morgan fingerprint density at radius 1 is 1.38 bits per heavy atom. The third-order valence-electron chi connectivity index (χ3n) is 3.35. The van der Waals surface area contributed by atoms with Crippen LogP contribution in [0.1, 0.15) is 30.6 Å². The Kier molecular flexibility index (Phi) is 4.17. The molecule has 0 aliphatic rings. The van der Waals surface area contributed by atoms with Gasteiger partial charge in [-0.25, -0.2) is 4.98 Å². The summed E-state index contributed by atoms with van der Waals surface area (Å²) in [6.07, 6.45) is 0. The van der Waals surface area contributed by atoms with Crippen LogP contribution in [-0.2, 0) is 6.54 Å². The van der Waals surface area contributed by atoms with Gasteiger partial charge in [0.1, 0.15) is 17.1 Å². The number of rotatable bonds is 5. The minimum Gasteiger partial charge on any atom is -0.492 e. The SMILES string of the molecule is CCOc1cccc2c1nc(C(C)Cl)n2Cc1ccsc1. The molecule has 5 heteroatoms. The Labute approximate surface area is 133 Å². The molecule has 0 saturated carbocycles. The number of para-hydroxylation sites is 1. The van der Waals surface area contributed by atoms with Crippen LogP contribution in [0.3, 0.4) is 0 Å². The second kappa shape index (κ2) is 6.08. The van der Waals surface area contributed by atoms with Gasteiger partial charge < -0.3 is 9.30 Å². The predicted molar refractivity (Wildman–Crippen MR) is 88.6 cm³/mol. The van der Waals surface area contributed by atoms with Crippen molar-refractivity contribution in [2.24, 2.45) is 0 Å². The highest BCUT2D eigenvalue weighted by Crippen LogP contribution is 2.31. The lowest BCUT2D eigenvalue weighted by atomic mass is 10.2. The smallest absolute Gasteiger partial charge is 0.147 e. The zero-order chi connectivity index (χ0) is 14.8. The van der Waals surface area contributed by atoms with Crippen LogP contribution in [-0.4, -0.2) is 16.2 Å². The number of ether oxygens (including phenoxy) is 1. The third kappa shape index (κ3) is 2.78. The van der Waals surface area contributed by atoms with Crippen LogP contribution in [0.15, 0.2) is 35.0 Å². The minimum atomic E-state index is -0.148. The molecule has 1 unspecified atom stereocenters. The summed E-state index contributed by atoms with van der Waals surface area (Å²) in [6.45, 7) is 5.34. The van der Waals surface area contributed by atoms with E-state index in [1.807, 2.05) is 26.0 Å². The van der Waals surface area contributed by atoms with E-state index >= 15 is 0 Å². The number of nitrogens with zero attached hydrogens (tertiary/aromatic N) is 2. The maximum atomic E-state index is 6.33. The van der Waals surface area contributed by atoms with Gasteiger partial charge >= 0.3 is 0 Å². The molecule has 0 amide bonds. The summed E-state index contributed by atoms with van der Waals surface area (Å²) in [5.74, 6) is 1.70. The number of fused-ring (bicyclic) bond motifs is 1. The predicted octanol–water partition coefficient (Wildman–Crippen LogP) is 4.84. The number of benzene rings is 1. The van der Waals surface area contributed by atoms with Crippen LogP contribution in [0, 0.1) is 0 Å². The van der Waals surface area contributed by atoms with Gasteiger partial charge in [-0.15, -0.1) is 11.6 Å². The van der Waals surface area contributed by atoms with E-state index in [0.29, 0.717) is 6.61 Å². The molecule has 0 fully saturated rings. The topological polar surface area (TPSA) is 27.1 Å². The van der Waals surface area contributed by atoms with Crippen LogP contribution in [0.25, 0.3) is 11.0 Å². The molecule has 3 aromatic rings. The molecular formula is C16H17ClN2OS. The highest BCUT2D eigenvalue weighted by Gasteiger charge is 2.17.